The third-order valence-corrected chi connectivity index (χ3v) is 7.81. The van der Waals surface area contributed by atoms with E-state index in [0.29, 0.717) is 45.0 Å². The average molecular weight is 525 g/mol. The Morgan fingerprint density at radius 2 is 2.18 bits per heavy atom. The monoisotopic (exact) mass is 524 g/mol. The molecule has 5 rings (SSSR count). The lowest BCUT2D eigenvalue weighted by Crippen LogP contribution is -2.41. The zero-order chi connectivity index (χ0) is 24.0. The number of nitrogens with zero attached hydrogens (tertiary/aromatic N) is 5. The number of benzene rings is 1. The zero-order valence-corrected chi connectivity index (χ0v) is 20.9. The number of halogens is 2. The number of rotatable bonds is 5. The molecule has 0 spiro atoms. The molecule has 9 heteroatoms. The Morgan fingerprint density at radius 3 is 2.94 bits per heavy atom. The third-order valence-electron chi connectivity index (χ3n) is 7.22. The van der Waals surface area contributed by atoms with Gasteiger partial charge in [-0.2, -0.15) is 5.10 Å². The number of fused-ring (bicyclic) bond motifs is 2. The number of carbonyl (C=O) groups excluding carboxylic acids is 1. The molecule has 1 aliphatic carbocycles. The molecule has 1 saturated carbocycles. The van der Waals surface area contributed by atoms with E-state index in [4.69, 9.17) is 4.98 Å². The van der Waals surface area contributed by atoms with E-state index in [1.165, 1.54) is 6.07 Å². The number of nitrogens with one attached hydrogen (secondary N) is 1. The Labute approximate surface area is 205 Å². The summed E-state index contributed by atoms with van der Waals surface area (Å²) >= 11 is 3.49. The maximum atomic E-state index is 14.7. The van der Waals surface area contributed by atoms with E-state index in [0.717, 1.165) is 24.6 Å². The SMILES string of the molecule is CNC(=O)[C@]1(C(C)C)CC[C@@H](Cc2ncc3c(Br)nn(-c4cc(F)c5ncccc5c4)c3n2)C1. The van der Waals surface area contributed by atoms with Crippen LogP contribution in [0.2, 0.25) is 0 Å². The van der Waals surface area contributed by atoms with E-state index in [1.54, 1.807) is 30.2 Å². The number of aromatic nitrogens is 5. The molecule has 0 saturated heterocycles. The summed E-state index contributed by atoms with van der Waals surface area (Å²) in [7, 11) is 1.71. The topological polar surface area (TPSA) is 85.6 Å². The molecule has 1 aliphatic rings. The summed E-state index contributed by atoms with van der Waals surface area (Å²) < 4.78 is 17.0. The summed E-state index contributed by atoms with van der Waals surface area (Å²) in [5.74, 6) is 0.991. The molecule has 1 fully saturated rings. The minimum absolute atomic E-state index is 0.121. The van der Waals surface area contributed by atoms with Crippen LogP contribution in [0.25, 0.3) is 27.6 Å². The van der Waals surface area contributed by atoms with Crippen LogP contribution in [0.15, 0.2) is 41.3 Å². The number of pyridine rings is 1. The predicted molar refractivity (Wildman–Crippen MR) is 132 cm³/mol. The van der Waals surface area contributed by atoms with Crippen molar-refractivity contribution < 1.29 is 9.18 Å². The lowest BCUT2D eigenvalue weighted by Gasteiger charge is -2.31. The Hall–Kier alpha value is -2.94. The van der Waals surface area contributed by atoms with E-state index < -0.39 is 5.82 Å². The number of carbonyl (C=O) groups is 1. The molecule has 1 aromatic carbocycles. The van der Waals surface area contributed by atoms with Crippen molar-refractivity contribution in [3.8, 4) is 5.69 Å². The summed E-state index contributed by atoms with van der Waals surface area (Å²) in [6, 6.07) is 6.88. The van der Waals surface area contributed by atoms with Crippen molar-refractivity contribution in [2.45, 2.75) is 39.5 Å². The summed E-state index contributed by atoms with van der Waals surface area (Å²) in [4.78, 5) is 26.2. The first-order valence-corrected chi connectivity index (χ1v) is 12.3. The molecular weight excluding hydrogens is 499 g/mol. The Balaban J connectivity index is 1.49. The van der Waals surface area contributed by atoms with Gasteiger partial charge in [0.25, 0.3) is 0 Å². The third kappa shape index (κ3) is 3.76. The second kappa shape index (κ2) is 8.69. The average Bonchev–Trinajstić information content (AvgIpc) is 3.40. The van der Waals surface area contributed by atoms with E-state index in [9.17, 15) is 9.18 Å². The standard InChI is InChI=1S/C25H26BrFN6O/c1-14(2)25(24(34)28-3)7-6-15(12-25)9-20-30-13-18-22(26)32-33(23(18)31-20)17-10-16-5-4-8-29-21(16)19(27)11-17/h4-5,8,10-11,13-15H,6-7,9,12H2,1-3H3,(H,28,34)/t15-,25+/m0/s1. The molecule has 1 amide bonds. The van der Waals surface area contributed by atoms with Gasteiger partial charge in [-0.1, -0.05) is 19.9 Å². The van der Waals surface area contributed by atoms with Gasteiger partial charge in [-0.3, -0.25) is 9.78 Å². The van der Waals surface area contributed by atoms with Gasteiger partial charge in [0.2, 0.25) is 5.91 Å². The molecule has 0 bridgehead atoms. The van der Waals surface area contributed by atoms with Gasteiger partial charge < -0.3 is 5.32 Å². The molecular formula is C25H26BrFN6O. The normalized spacial score (nSPS) is 20.5. The van der Waals surface area contributed by atoms with E-state index in [2.05, 4.69) is 50.2 Å². The van der Waals surface area contributed by atoms with Crippen LogP contribution >= 0.6 is 15.9 Å². The summed E-state index contributed by atoms with van der Waals surface area (Å²) in [5.41, 5.74) is 1.16. The highest BCUT2D eigenvalue weighted by molar-refractivity contribution is 9.10. The van der Waals surface area contributed by atoms with E-state index >= 15 is 0 Å². The van der Waals surface area contributed by atoms with Crippen LogP contribution in [-0.2, 0) is 11.2 Å². The van der Waals surface area contributed by atoms with Gasteiger partial charge in [0, 0.05) is 37.3 Å². The fourth-order valence-electron chi connectivity index (χ4n) is 5.29. The molecule has 4 aromatic rings. The molecule has 0 aliphatic heterocycles. The van der Waals surface area contributed by atoms with Crippen molar-refractivity contribution in [1.82, 2.24) is 30.0 Å². The molecule has 2 atom stereocenters. The van der Waals surface area contributed by atoms with Crippen molar-refractivity contribution in [2.24, 2.45) is 17.3 Å². The van der Waals surface area contributed by atoms with Gasteiger partial charge >= 0.3 is 0 Å². The van der Waals surface area contributed by atoms with Crippen molar-refractivity contribution in [3.63, 3.8) is 0 Å². The molecule has 3 aromatic heterocycles. The van der Waals surface area contributed by atoms with Gasteiger partial charge in [-0.25, -0.2) is 19.0 Å². The first kappa shape index (κ1) is 22.8. The van der Waals surface area contributed by atoms with Gasteiger partial charge in [-0.15, -0.1) is 0 Å². The maximum Gasteiger partial charge on any atom is 0.226 e. The Bertz CT molecular complexity index is 1400. The minimum atomic E-state index is -0.410. The van der Waals surface area contributed by atoms with Crippen LogP contribution in [0.5, 0.6) is 0 Å². The fourth-order valence-corrected chi connectivity index (χ4v) is 5.73. The first-order valence-electron chi connectivity index (χ1n) is 11.5. The van der Waals surface area contributed by atoms with E-state index in [1.807, 2.05) is 12.1 Å². The molecule has 176 valence electrons. The van der Waals surface area contributed by atoms with Gasteiger partial charge in [-0.05, 0) is 59.2 Å². The number of hydrogen-bond donors (Lipinski definition) is 1. The summed E-state index contributed by atoms with van der Waals surface area (Å²) in [5, 5.41) is 8.86. The van der Waals surface area contributed by atoms with Crippen LogP contribution in [-0.4, -0.2) is 37.7 Å². The molecule has 1 N–H and O–H groups in total. The highest BCUT2D eigenvalue weighted by Gasteiger charge is 2.47. The van der Waals surface area contributed by atoms with E-state index in [-0.39, 0.29) is 17.2 Å². The Kier molecular flexibility index (Phi) is 5.83. The molecule has 7 nitrogen and oxygen atoms in total. The van der Waals surface area contributed by atoms with Gasteiger partial charge in [0.1, 0.15) is 15.9 Å². The largest absolute Gasteiger partial charge is 0.359 e. The van der Waals surface area contributed by atoms with Crippen LogP contribution < -0.4 is 5.32 Å². The van der Waals surface area contributed by atoms with Gasteiger partial charge in [0.15, 0.2) is 11.5 Å². The summed E-state index contributed by atoms with van der Waals surface area (Å²) in [6.45, 7) is 4.24. The fraction of sp³-hybridized carbons (Fsp3) is 0.400. The quantitative estimate of drug-likeness (QED) is 0.397. The van der Waals surface area contributed by atoms with Crippen LogP contribution in [0, 0.1) is 23.1 Å². The van der Waals surface area contributed by atoms with Crippen molar-refractivity contribution >= 4 is 43.8 Å². The molecule has 34 heavy (non-hydrogen) atoms. The smallest absolute Gasteiger partial charge is 0.226 e. The molecule has 3 heterocycles. The highest BCUT2D eigenvalue weighted by Crippen LogP contribution is 2.48. The number of hydrogen-bond acceptors (Lipinski definition) is 5. The van der Waals surface area contributed by atoms with Crippen molar-refractivity contribution in [1.29, 1.82) is 0 Å². The number of amides is 1. The van der Waals surface area contributed by atoms with Crippen molar-refractivity contribution in [3.05, 3.63) is 52.9 Å². The second-order valence-corrected chi connectivity index (χ2v) is 10.2. The van der Waals surface area contributed by atoms with Crippen LogP contribution in [0.1, 0.15) is 38.9 Å². The van der Waals surface area contributed by atoms with Crippen LogP contribution in [0.4, 0.5) is 4.39 Å². The minimum Gasteiger partial charge on any atom is -0.359 e. The second-order valence-electron chi connectivity index (χ2n) is 9.43. The highest BCUT2D eigenvalue weighted by atomic mass is 79.9. The van der Waals surface area contributed by atoms with Gasteiger partial charge in [0.05, 0.1) is 16.5 Å². The lowest BCUT2D eigenvalue weighted by molar-refractivity contribution is -0.133. The zero-order valence-electron chi connectivity index (χ0n) is 19.3. The molecule has 0 unspecified atom stereocenters. The van der Waals surface area contributed by atoms with Crippen LogP contribution in [0.3, 0.4) is 0 Å². The van der Waals surface area contributed by atoms with Crippen molar-refractivity contribution in [2.75, 3.05) is 7.05 Å². The lowest BCUT2D eigenvalue weighted by atomic mass is 9.74. The first-order chi connectivity index (χ1) is 16.3. The molecule has 0 radical (unpaired) electrons. The summed E-state index contributed by atoms with van der Waals surface area (Å²) in [6.07, 6.45) is 6.65. The predicted octanol–water partition coefficient (Wildman–Crippen LogP) is 5.00. The maximum absolute atomic E-state index is 14.7. The Morgan fingerprint density at radius 1 is 1.35 bits per heavy atom.